The summed E-state index contributed by atoms with van der Waals surface area (Å²) in [6.45, 7) is 3.52. The van der Waals surface area contributed by atoms with Gasteiger partial charge in [-0.2, -0.15) is 0 Å². The lowest BCUT2D eigenvalue weighted by Gasteiger charge is -2.20. The Morgan fingerprint density at radius 2 is 2.11 bits per heavy atom. The average molecular weight is 334 g/mol. The van der Waals surface area contributed by atoms with Gasteiger partial charge in [0, 0.05) is 4.47 Å². The van der Waals surface area contributed by atoms with E-state index in [2.05, 4.69) is 15.9 Å². The van der Waals surface area contributed by atoms with Crippen LogP contribution in [0.15, 0.2) is 28.7 Å². The lowest BCUT2D eigenvalue weighted by molar-refractivity contribution is -0.146. The second-order valence-corrected chi connectivity index (χ2v) is 5.59. The molecule has 18 heavy (non-hydrogen) atoms. The molecule has 0 amide bonds. The SMILES string of the molecule is CCOC(=O)CC(=O)C(C)(Cl)c1cccc(Br)c1. The first-order chi connectivity index (χ1) is 8.37. The molecule has 1 rings (SSSR count). The molecule has 0 bridgehead atoms. The number of halogens is 2. The number of esters is 1. The largest absolute Gasteiger partial charge is 0.466 e. The quantitative estimate of drug-likeness (QED) is 0.471. The van der Waals surface area contributed by atoms with Gasteiger partial charge in [-0.1, -0.05) is 28.1 Å². The molecule has 0 radical (unpaired) electrons. The lowest BCUT2D eigenvalue weighted by atomic mass is 9.94. The molecule has 0 N–H and O–H groups in total. The second-order valence-electron chi connectivity index (χ2n) is 3.92. The van der Waals surface area contributed by atoms with E-state index in [1.165, 1.54) is 0 Å². The highest BCUT2D eigenvalue weighted by molar-refractivity contribution is 9.10. The molecule has 0 aliphatic heterocycles. The van der Waals surface area contributed by atoms with Crippen LogP contribution in [0.5, 0.6) is 0 Å². The fraction of sp³-hybridized carbons (Fsp3) is 0.385. The molecule has 0 aliphatic rings. The molecule has 1 aromatic carbocycles. The third-order valence-electron chi connectivity index (χ3n) is 2.50. The zero-order chi connectivity index (χ0) is 13.8. The Morgan fingerprint density at radius 3 is 2.67 bits per heavy atom. The van der Waals surface area contributed by atoms with Crippen molar-refractivity contribution in [3.8, 4) is 0 Å². The summed E-state index contributed by atoms with van der Waals surface area (Å²) >= 11 is 9.57. The fourth-order valence-electron chi connectivity index (χ4n) is 1.45. The maximum atomic E-state index is 12.0. The van der Waals surface area contributed by atoms with E-state index in [-0.39, 0.29) is 18.8 Å². The van der Waals surface area contributed by atoms with Gasteiger partial charge in [-0.3, -0.25) is 9.59 Å². The van der Waals surface area contributed by atoms with E-state index in [9.17, 15) is 9.59 Å². The highest BCUT2D eigenvalue weighted by Crippen LogP contribution is 2.32. The third kappa shape index (κ3) is 3.82. The van der Waals surface area contributed by atoms with Gasteiger partial charge < -0.3 is 4.74 Å². The standard InChI is InChI=1S/C13H14BrClO3/c1-3-18-12(17)8-11(16)13(2,15)9-5-4-6-10(14)7-9/h4-7H,3,8H2,1-2H3. The van der Waals surface area contributed by atoms with Gasteiger partial charge >= 0.3 is 5.97 Å². The molecule has 0 saturated carbocycles. The Balaban J connectivity index is 2.86. The number of carbonyl (C=O) groups excluding carboxylic acids is 2. The van der Waals surface area contributed by atoms with Gasteiger partial charge in [0.2, 0.25) is 0 Å². The van der Waals surface area contributed by atoms with Gasteiger partial charge in [-0.05, 0) is 31.5 Å². The van der Waals surface area contributed by atoms with Crippen LogP contribution in [0.1, 0.15) is 25.8 Å². The summed E-state index contributed by atoms with van der Waals surface area (Å²) in [7, 11) is 0. The molecule has 0 aromatic heterocycles. The first-order valence-corrected chi connectivity index (χ1v) is 6.69. The number of ether oxygens (including phenoxy) is 1. The van der Waals surface area contributed by atoms with Crippen molar-refractivity contribution in [3.05, 3.63) is 34.3 Å². The normalized spacial score (nSPS) is 13.8. The first-order valence-electron chi connectivity index (χ1n) is 5.51. The maximum Gasteiger partial charge on any atom is 0.313 e. The molecular formula is C13H14BrClO3. The lowest BCUT2D eigenvalue weighted by Crippen LogP contribution is -2.29. The van der Waals surface area contributed by atoms with E-state index in [0.717, 1.165) is 4.47 Å². The van der Waals surface area contributed by atoms with Gasteiger partial charge in [0.15, 0.2) is 5.78 Å². The van der Waals surface area contributed by atoms with Gasteiger partial charge in [0.05, 0.1) is 6.61 Å². The maximum absolute atomic E-state index is 12.0. The van der Waals surface area contributed by atoms with E-state index in [0.29, 0.717) is 5.56 Å². The summed E-state index contributed by atoms with van der Waals surface area (Å²) in [5.41, 5.74) is 0.646. The zero-order valence-corrected chi connectivity index (χ0v) is 12.5. The summed E-state index contributed by atoms with van der Waals surface area (Å²) in [5, 5.41) is 0. The highest BCUT2D eigenvalue weighted by atomic mass is 79.9. The Bertz CT molecular complexity index is 457. The molecule has 0 aliphatic carbocycles. The van der Waals surface area contributed by atoms with E-state index in [1.54, 1.807) is 32.0 Å². The van der Waals surface area contributed by atoms with Crippen molar-refractivity contribution in [2.45, 2.75) is 25.1 Å². The van der Waals surface area contributed by atoms with Crippen LogP contribution < -0.4 is 0 Å². The smallest absolute Gasteiger partial charge is 0.313 e. The van der Waals surface area contributed by atoms with E-state index in [4.69, 9.17) is 16.3 Å². The van der Waals surface area contributed by atoms with Crippen LogP contribution in [0.4, 0.5) is 0 Å². The summed E-state index contributed by atoms with van der Waals surface area (Å²) in [5.74, 6) is -0.926. The summed E-state index contributed by atoms with van der Waals surface area (Å²) in [6, 6.07) is 7.14. The van der Waals surface area contributed by atoms with Crippen LogP contribution in [0.2, 0.25) is 0 Å². The predicted octanol–water partition coefficient (Wildman–Crippen LogP) is 3.43. The Labute approximate surface area is 120 Å². The number of rotatable bonds is 5. The van der Waals surface area contributed by atoms with Crippen LogP contribution >= 0.6 is 27.5 Å². The Hall–Kier alpha value is -0.870. The van der Waals surface area contributed by atoms with Crippen LogP contribution in [-0.2, 0) is 19.2 Å². The summed E-state index contributed by atoms with van der Waals surface area (Å²) in [6.07, 6.45) is -0.319. The van der Waals surface area contributed by atoms with Gasteiger partial charge in [-0.15, -0.1) is 11.6 Å². The summed E-state index contributed by atoms with van der Waals surface area (Å²) < 4.78 is 5.57. The van der Waals surface area contributed by atoms with Crippen molar-refractivity contribution in [1.29, 1.82) is 0 Å². The monoisotopic (exact) mass is 332 g/mol. The molecule has 0 spiro atoms. The molecular weight excluding hydrogens is 319 g/mol. The third-order valence-corrected chi connectivity index (χ3v) is 3.42. The number of hydrogen-bond acceptors (Lipinski definition) is 3. The molecule has 3 nitrogen and oxygen atoms in total. The average Bonchev–Trinajstić information content (AvgIpc) is 2.29. The number of hydrogen-bond donors (Lipinski definition) is 0. The van der Waals surface area contributed by atoms with Crippen molar-refractivity contribution in [1.82, 2.24) is 0 Å². The van der Waals surface area contributed by atoms with Crippen molar-refractivity contribution in [2.24, 2.45) is 0 Å². The first kappa shape index (κ1) is 15.2. The van der Waals surface area contributed by atoms with Gasteiger partial charge in [0.25, 0.3) is 0 Å². The number of carbonyl (C=O) groups is 2. The second kappa shape index (κ2) is 6.34. The van der Waals surface area contributed by atoms with Gasteiger partial charge in [0.1, 0.15) is 11.3 Å². The molecule has 98 valence electrons. The van der Waals surface area contributed by atoms with E-state index < -0.39 is 10.8 Å². The molecule has 1 aromatic rings. The Morgan fingerprint density at radius 1 is 1.44 bits per heavy atom. The van der Waals surface area contributed by atoms with Crippen LogP contribution in [0.3, 0.4) is 0 Å². The zero-order valence-electron chi connectivity index (χ0n) is 10.2. The number of benzene rings is 1. The minimum Gasteiger partial charge on any atom is -0.466 e. The van der Waals surface area contributed by atoms with Crippen LogP contribution in [-0.4, -0.2) is 18.4 Å². The molecule has 0 saturated heterocycles. The van der Waals surface area contributed by atoms with Crippen molar-refractivity contribution >= 4 is 39.3 Å². The molecule has 5 heteroatoms. The molecule has 1 unspecified atom stereocenters. The number of alkyl halides is 1. The highest BCUT2D eigenvalue weighted by Gasteiger charge is 2.34. The fourth-order valence-corrected chi connectivity index (χ4v) is 2.03. The molecule has 1 atom stereocenters. The van der Waals surface area contributed by atoms with Crippen molar-refractivity contribution in [2.75, 3.05) is 6.61 Å². The van der Waals surface area contributed by atoms with E-state index in [1.807, 2.05) is 6.07 Å². The predicted molar refractivity (Wildman–Crippen MR) is 73.6 cm³/mol. The number of ketones is 1. The minimum absolute atomic E-state index is 0.252. The topological polar surface area (TPSA) is 43.4 Å². The van der Waals surface area contributed by atoms with Crippen LogP contribution in [0, 0.1) is 0 Å². The minimum atomic E-state index is -1.23. The Kier molecular flexibility index (Phi) is 5.35. The van der Waals surface area contributed by atoms with E-state index >= 15 is 0 Å². The molecule has 0 fully saturated rings. The van der Waals surface area contributed by atoms with Crippen molar-refractivity contribution in [3.63, 3.8) is 0 Å². The van der Waals surface area contributed by atoms with Gasteiger partial charge in [-0.25, -0.2) is 0 Å². The molecule has 0 heterocycles. The van der Waals surface area contributed by atoms with Crippen LogP contribution in [0.25, 0.3) is 0 Å². The number of Topliss-reactive ketones (excluding diaryl/α,β-unsaturated/α-hetero) is 1. The summed E-state index contributed by atoms with van der Waals surface area (Å²) in [4.78, 5) is 22.1. The van der Waals surface area contributed by atoms with Crippen molar-refractivity contribution < 1.29 is 14.3 Å².